The van der Waals surface area contributed by atoms with E-state index < -0.39 is 12.0 Å². The highest BCUT2D eigenvalue weighted by Gasteiger charge is 2.30. The Balaban J connectivity index is 1.87. The molecule has 1 aliphatic heterocycles. The first kappa shape index (κ1) is 13.8. The topological polar surface area (TPSA) is 87.7 Å². The van der Waals surface area contributed by atoms with Crippen molar-refractivity contribution >= 4 is 28.3 Å². The van der Waals surface area contributed by atoms with Crippen LogP contribution in [-0.4, -0.2) is 35.9 Å². The lowest BCUT2D eigenvalue weighted by Crippen LogP contribution is -2.41. The summed E-state index contributed by atoms with van der Waals surface area (Å²) in [6, 6.07) is 1.05. The first-order chi connectivity index (χ1) is 9.00. The highest BCUT2D eigenvalue weighted by atomic mass is 32.1. The highest BCUT2D eigenvalue weighted by molar-refractivity contribution is 7.14. The van der Waals surface area contributed by atoms with Gasteiger partial charge in [-0.2, -0.15) is 0 Å². The molecule has 7 heteroatoms. The van der Waals surface area contributed by atoms with Gasteiger partial charge in [0.15, 0.2) is 0 Å². The van der Waals surface area contributed by atoms with Gasteiger partial charge in [0.25, 0.3) is 0 Å². The van der Waals surface area contributed by atoms with Crippen molar-refractivity contribution in [3.8, 4) is 0 Å². The molecular weight excluding hydrogens is 268 g/mol. The van der Waals surface area contributed by atoms with Crippen molar-refractivity contribution in [1.29, 1.82) is 0 Å². The first-order valence-corrected chi connectivity index (χ1v) is 6.88. The lowest BCUT2D eigenvalue weighted by molar-refractivity contribution is 0.0232. The predicted molar refractivity (Wildman–Crippen MR) is 71.9 cm³/mol. The summed E-state index contributed by atoms with van der Waals surface area (Å²) in [5.74, 6) is -1.05. The Bertz CT molecular complexity index is 480. The van der Waals surface area contributed by atoms with Crippen molar-refractivity contribution in [1.82, 2.24) is 5.32 Å². The average Bonchev–Trinajstić information content (AvgIpc) is 2.96. The number of aromatic carboxylic acids is 1. The van der Waals surface area contributed by atoms with Crippen LogP contribution in [0, 0.1) is 0 Å². The summed E-state index contributed by atoms with van der Waals surface area (Å²) >= 11 is 1.18. The van der Waals surface area contributed by atoms with Gasteiger partial charge in [0.2, 0.25) is 0 Å². The number of carbonyl (C=O) groups is 2. The van der Waals surface area contributed by atoms with E-state index in [4.69, 9.17) is 9.84 Å². The molecule has 19 heavy (non-hydrogen) atoms. The van der Waals surface area contributed by atoms with Crippen molar-refractivity contribution in [2.75, 3.05) is 18.5 Å². The van der Waals surface area contributed by atoms with E-state index in [2.05, 4.69) is 10.6 Å². The Morgan fingerprint density at radius 1 is 1.58 bits per heavy atom. The zero-order valence-corrected chi connectivity index (χ0v) is 11.4. The SMILES string of the molecule is CC1(CNC(=O)Nc2sccc2C(=O)O)CCCO1. The summed E-state index contributed by atoms with van der Waals surface area (Å²) in [5.41, 5.74) is -0.217. The molecule has 1 fully saturated rings. The molecule has 1 aliphatic rings. The van der Waals surface area contributed by atoms with Gasteiger partial charge in [-0.1, -0.05) is 0 Å². The number of rotatable bonds is 4. The van der Waals surface area contributed by atoms with Gasteiger partial charge in [-0.15, -0.1) is 11.3 Å². The fraction of sp³-hybridized carbons (Fsp3) is 0.500. The number of hydrogen-bond donors (Lipinski definition) is 3. The first-order valence-electron chi connectivity index (χ1n) is 6.00. The second-order valence-corrected chi connectivity index (χ2v) is 5.59. The molecule has 2 heterocycles. The lowest BCUT2D eigenvalue weighted by Gasteiger charge is -2.23. The molecule has 1 aromatic rings. The summed E-state index contributed by atoms with van der Waals surface area (Å²) in [7, 11) is 0. The third-order valence-corrected chi connectivity index (χ3v) is 3.88. The van der Waals surface area contributed by atoms with E-state index in [1.165, 1.54) is 17.4 Å². The van der Waals surface area contributed by atoms with Crippen molar-refractivity contribution in [3.05, 3.63) is 17.0 Å². The Labute approximate surface area is 114 Å². The molecule has 0 saturated carbocycles. The van der Waals surface area contributed by atoms with Crippen LogP contribution in [0.4, 0.5) is 9.80 Å². The third kappa shape index (κ3) is 3.45. The van der Waals surface area contributed by atoms with E-state index in [9.17, 15) is 9.59 Å². The summed E-state index contributed by atoms with van der Waals surface area (Å²) in [6.45, 7) is 3.08. The van der Waals surface area contributed by atoms with Crippen LogP contribution in [0.5, 0.6) is 0 Å². The molecule has 0 radical (unpaired) electrons. The number of amides is 2. The normalized spacial score (nSPS) is 22.2. The Morgan fingerprint density at radius 2 is 2.37 bits per heavy atom. The number of thiophene rings is 1. The van der Waals surface area contributed by atoms with E-state index >= 15 is 0 Å². The lowest BCUT2D eigenvalue weighted by atomic mass is 10.0. The van der Waals surface area contributed by atoms with Crippen LogP contribution in [0.2, 0.25) is 0 Å². The number of ether oxygens (including phenoxy) is 1. The fourth-order valence-electron chi connectivity index (χ4n) is 1.97. The summed E-state index contributed by atoms with van der Waals surface area (Å²) in [5, 5.41) is 16.1. The van der Waals surface area contributed by atoms with Crippen molar-refractivity contribution < 1.29 is 19.4 Å². The molecule has 0 bridgehead atoms. The molecule has 0 aromatic carbocycles. The number of carbonyl (C=O) groups excluding carboxylic acids is 1. The van der Waals surface area contributed by atoms with Crippen LogP contribution in [-0.2, 0) is 4.74 Å². The van der Waals surface area contributed by atoms with E-state index in [0.717, 1.165) is 12.8 Å². The minimum atomic E-state index is -1.05. The van der Waals surface area contributed by atoms with Gasteiger partial charge in [0.05, 0.1) is 11.2 Å². The van der Waals surface area contributed by atoms with Crippen molar-refractivity contribution in [2.45, 2.75) is 25.4 Å². The number of anilines is 1. The maximum absolute atomic E-state index is 11.7. The Hall–Kier alpha value is -1.60. The second-order valence-electron chi connectivity index (χ2n) is 4.68. The zero-order chi connectivity index (χ0) is 13.9. The van der Waals surface area contributed by atoms with Crippen LogP contribution in [0.3, 0.4) is 0 Å². The molecule has 0 aliphatic carbocycles. The zero-order valence-electron chi connectivity index (χ0n) is 10.6. The van der Waals surface area contributed by atoms with Gasteiger partial charge in [-0.25, -0.2) is 9.59 Å². The standard InChI is InChI=1S/C12H16N2O4S/c1-12(4-2-5-18-12)7-13-11(17)14-9-8(10(15)16)3-6-19-9/h3,6H,2,4-5,7H2,1H3,(H,15,16)(H2,13,14,17). The quantitative estimate of drug-likeness (QED) is 0.790. The van der Waals surface area contributed by atoms with E-state index in [1.54, 1.807) is 5.38 Å². The summed E-state index contributed by atoms with van der Waals surface area (Å²) < 4.78 is 5.55. The molecule has 1 atom stereocenters. The molecule has 1 saturated heterocycles. The van der Waals surface area contributed by atoms with Gasteiger partial charge in [0, 0.05) is 13.2 Å². The number of carboxylic acids is 1. The van der Waals surface area contributed by atoms with Crippen LogP contribution in [0.1, 0.15) is 30.1 Å². The summed E-state index contributed by atoms with van der Waals surface area (Å²) in [4.78, 5) is 22.6. The molecule has 2 rings (SSSR count). The van der Waals surface area contributed by atoms with Gasteiger partial charge in [-0.05, 0) is 31.2 Å². The van der Waals surface area contributed by atoms with Crippen LogP contribution < -0.4 is 10.6 Å². The van der Waals surface area contributed by atoms with Crippen LogP contribution in [0.25, 0.3) is 0 Å². The minimum Gasteiger partial charge on any atom is -0.478 e. The number of nitrogens with one attached hydrogen (secondary N) is 2. The smallest absolute Gasteiger partial charge is 0.338 e. The fourth-order valence-corrected chi connectivity index (χ4v) is 2.74. The molecule has 6 nitrogen and oxygen atoms in total. The minimum absolute atomic E-state index is 0.100. The van der Waals surface area contributed by atoms with Gasteiger partial charge in [0.1, 0.15) is 5.00 Å². The second kappa shape index (κ2) is 5.58. The maximum atomic E-state index is 11.7. The van der Waals surface area contributed by atoms with Crippen molar-refractivity contribution in [2.24, 2.45) is 0 Å². The third-order valence-electron chi connectivity index (χ3n) is 3.05. The average molecular weight is 284 g/mol. The summed E-state index contributed by atoms with van der Waals surface area (Å²) in [6.07, 6.45) is 1.90. The van der Waals surface area contributed by atoms with E-state index in [-0.39, 0.29) is 11.2 Å². The molecular formula is C12H16N2O4S. The molecule has 1 unspecified atom stereocenters. The number of urea groups is 1. The van der Waals surface area contributed by atoms with Crippen LogP contribution >= 0.6 is 11.3 Å². The Kier molecular flexibility index (Phi) is 4.06. The highest BCUT2D eigenvalue weighted by Crippen LogP contribution is 2.25. The molecule has 2 amide bonds. The number of hydrogen-bond acceptors (Lipinski definition) is 4. The monoisotopic (exact) mass is 284 g/mol. The number of carboxylic acid groups (broad SMARTS) is 1. The van der Waals surface area contributed by atoms with E-state index in [1.807, 2.05) is 6.92 Å². The molecule has 104 valence electrons. The van der Waals surface area contributed by atoms with Crippen LogP contribution in [0.15, 0.2) is 11.4 Å². The van der Waals surface area contributed by atoms with E-state index in [0.29, 0.717) is 18.2 Å². The maximum Gasteiger partial charge on any atom is 0.338 e. The van der Waals surface area contributed by atoms with Gasteiger partial charge < -0.3 is 15.2 Å². The Morgan fingerprint density at radius 3 is 3.00 bits per heavy atom. The molecule has 0 spiro atoms. The van der Waals surface area contributed by atoms with Gasteiger partial charge >= 0.3 is 12.0 Å². The predicted octanol–water partition coefficient (Wildman–Crippen LogP) is 2.14. The molecule has 1 aromatic heterocycles. The molecule has 3 N–H and O–H groups in total. The van der Waals surface area contributed by atoms with Crippen molar-refractivity contribution in [3.63, 3.8) is 0 Å². The largest absolute Gasteiger partial charge is 0.478 e. The van der Waals surface area contributed by atoms with Gasteiger partial charge in [-0.3, -0.25) is 5.32 Å².